The lowest BCUT2D eigenvalue weighted by Gasteiger charge is -2.07. The van der Waals surface area contributed by atoms with E-state index >= 15 is 0 Å². The third-order valence-electron chi connectivity index (χ3n) is 4.21. The van der Waals surface area contributed by atoms with Crippen molar-refractivity contribution in [2.45, 2.75) is 32.6 Å². The van der Waals surface area contributed by atoms with E-state index in [-0.39, 0.29) is 5.91 Å². The van der Waals surface area contributed by atoms with Crippen molar-refractivity contribution in [3.63, 3.8) is 0 Å². The summed E-state index contributed by atoms with van der Waals surface area (Å²) in [5.74, 6) is 0.754. The highest BCUT2D eigenvalue weighted by molar-refractivity contribution is 5.93. The molecule has 0 aliphatic carbocycles. The number of amides is 1. The van der Waals surface area contributed by atoms with Gasteiger partial charge in [-0.1, -0.05) is 49.4 Å². The summed E-state index contributed by atoms with van der Waals surface area (Å²) >= 11 is 0. The fourth-order valence-corrected chi connectivity index (χ4v) is 2.74. The predicted molar refractivity (Wildman–Crippen MR) is 98.4 cm³/mol. The van der Waals surface area contributed by atoms with Crippen LogP contribution in [0.3, 0.4) is 0 Å². The molecule has 1 aliphatic heterocycles. The molecule has 0 saturated heterocycles. The van der Waals surface area contributed by atoms with Crippen LogP contribution in [-0.2, 0) is 17.6 Å². The summed E-state index contributed by atoms with van der Waals surface area (Å²) in [6.45, 7) is 2.60. The van der Waals surface area contributed by atoms with E-state index in [0.29, 0.717) is 13.0 Å². The number of hydrogen-bond donors (Lipinski definition) is 1. The largest absolute Gasteiger partial charge is 0.491 e. The Hall–Kier alpha value is -2.55. The molecular formula is C21H23NO2. The Morgan fingerprint density at radius 3 is 2.71 bits per heavy atom. The molecule has 3 heteroatoms. The van der Waals surface area contributed by atoms with Gasteiger partial charge in [-0.2, -0.15) is 0 Å². The van der Waals surface area contributed by atoms with Crippen LogP contribution < -0.4 is 10.1 Å². The van der Waals surface area contributed by atoms with Gasteiger partial charge in [0.05, 0.1) is 18.7 Å². The smallest absolute Gasteiger partial charge is 0.227 e. The van der Waals surface area contributed by atoms with Gasteiger partial charge in [0.25, 0.3) is 0 Å². The second-order valence-electron chi connectivity index (χ2n) is 6.01. The second kappa shape index (κ2) is 7.82. The summed E-state index contributed by atoms with van der Waals surface area (Å²) in [5, 5.41) is 2.86. The van der Waals surface area contributed by atoms with Crippen molar-refractivity contribution in [3.05, 3.63) is 65.2 Å². The third-order valence-corrected chi connectivity index (χ3v) is 4.21. The van der Waals surface area contributed by atoms with Gasteiger partial charge in [-0.3, -0.25) is 4.79 Å². The normalized spacial score (nSPS) is 14.0. The molecule has 0 aromatic heterocycles. The Labute approximate surface area is 143 Å². The van der Waals surface area contributed by atoms with Crippen LogP contribution in [0.5, 0.6) is 5.75 Å². The van der Waals surface area contributed by atoms with Crippen LogP contribution in [0.4, 0.5) is 5.69 Å². The number of anilines is 1. The number of benzene rings is 2. The Morgan fingerprint density at radius 2 is 1.92 bits per heavy atom. The number of ether oxygens (including phenoxy) is 1. The molecule has 0 bridgehead atoms. The van der Waals surface area contributed by atoms with Gasteiger partial charge in [-0.05, 0) is 48.1 Å². The Balaban J connectivity index is 1.58. The molecule has 0 radical (unpaired) electrons. The van der Waals surface area contributed by atoms with Crippen LogP contribution in [0.1, 0.15) is 36.5 Å². The molecule has 0 atom stereocenters. The van der Waals surface area contributed by atoms with E-state index in [1.165, 1.54) is 11.1 Å². The van der Waals surface area contributed by atoms with E-state index in [4.69, 9.17) is 4.74 Å². The zero-order chi connectivity index (χ0) is 16.8. The Bertz CT molecular complexity index is 732. The second-order valence-corrected chi connectivity index (χ2v) is 6.01. The molecule has 1 heterocycles. The first kappa shape index (κ1) is 16.3. The van der Waals surface area contributed by atoms with Gasteiger partial charge in [-0.25, -0.2) is 0 Å². The number of carbonyl (C=O) groups is 1. The zero-order valence-corrected chi connectivity index (χ0v) is 14.0. The van der Waals surface area contributed by atoms with E-state index in [1.54, 1.807) is 0 Å². The molecule has 1 N–H and O–H groups in total. The first-order valence-electron chi connectivity index (χ1n) is 8.55. The van der Waals surface area contributed by atoms with Crippen molar-refractivity contribution in [1.82, 2.24) is 0 Å². The molecule has 3 rings (SSSR count). The van der Waals surface area contributed by atoms with Gasteiger partial charge < -0.3 is 10.1 Å². The van der Waals surface area contributed by atoms with Gasteiger partial charge in [0.15, 0.2) is 0 Å². The van der Waals surface area contributed by atoms with Gasteiger partial charge in [0, 0.05) is 0 Å². The number of allylic oxidation sites excluding steroid dienone is 1. The van der Waals surface area contributed by atoms with Crippen LogP contribution >= 0.6 is 0 Å². The molecule has 3 nitrogen and oxygen atoms in total. The van der Waals surface area contributed by atoms with Crippen molar-refractivity contribution in [2.24, 2.45) is 0 Å². The lowest BCUT2D eigenvalue weighted by molar-refractivity contribution is -0.116. The maximum atomic E-state index is 11.5. The van der Waals surface area contributed by atoms with Crippen LogP contribution in [0, 0.1) is 0 Å². The predicted octanol–water partition coefficient (Wildman–Crippen LogP) is 4.62. The average Bonchev–Trinajstić information content (AvgIpc) is 2.79. The van der Waals surface area contributed by atoms with Crippen molar-refractivity contribution < 1.29 is 9.53 Å². The fourth-order valence-electron chi connectivity index (χ4n) is 2.74. The molecule has 2 aromatic carbocycles. The minimum atomic E-state index is 0.00568. The molecular weight excluding hydrogens is 298 g/mol. The van der Waals surface area contributed by atoms with Crippen LogP contribution in [-0.4, -0.2) is 12.5 Å². The third kappa shape index (κ3) is 4.25. The lowest BCUT2D eigenvalue weighted by Crippen LogP contribution is -2.10. The molecule has 0 unspecified atom stereocenters. The van der Waals surface area contributed by atoms with Crippen LogP contribution in [0.15, 0.2) is 48.5 Å². The first-order valence-corrected chi connectivity index (χ1v) is 8.55. The lowest BCUT2D eigenvalue weighted by atomic mass is 10.1. The number of aryl methyl sites for hydroxylation is 2. The minimum absolute atomic E-state index is 0.00568. The van der Waals surface area contributed by atoms with E-state index in [0.717, 1.165) is 36.3 Å². The van der Waals surface area contributed by atoms with Crippen LogP contribution in [0.2, 0.25) is 0 Å². The van der Waals surface area contributed by atoms with Gasteiger partial charge in [-0.15, -0.1) is 0 Å². The van der Waals surface area contributed by atoms with E-state index in [2.05, 4.69) is 48.7 Å². The number of nitrogens with one attached hydrogen (secondary N) is 1. The summed E-state index contributed by atoms with van der Waals surface area (Å²) in [7, 11) is 0. The standard InChI is InChI=1S/C21H23NO2/c1-2-16-7-9-17(10-8-16)5-3-4-6-18-11-12-19-20(15-18)24-14-13-21(23)22-19/h4,6-12,15H,2-3,5,13-14H2,1H3,(H,22,23)/b6-4+. The van der Waals surface area contributed by atoms with Gasteiger partial charge >= 0.3 is 0 Å². The zero-order valence-electron chi connectivity index (χ0n) is 14.0. The maximum absolute atomic E-state index is 11.5. The molecule has 2 aromatic rings. The number of rotatable bonds is 5. The van der Waals surface area contributed by atoms with Crippen LogP contribution in [0.25, 0.3) is 6.08 Å². The summed E-state index contributed by atoms with van der Waals surface area (Å²) < 4.78 is 5.64. The SMILES string of the molecule is CCc1ccc(CC/C=C/c2ccc3c(c2)OCCC(=O)N3)cc1. The Morgan fingerprint density at radius 1 is 1.12 bits per heavy atom. The van der Waals surface area contributed by atoms with Gasteiger partial charge in [0.1, 0.15) is 5.75 Å². The Kier molecular flexibility index (Phi) is 5.32. The highest BCUT2D eigenvalue weighted by Crippen LogP contribution is 2.28. The summed E-state index contributed by atoms with van der Waals surface area (Å²) in [4.78, 5) is 11.5. The number of carbonyl (C=O) groups excluding carboxylic acids is 1. The summed E-state index contributed by atoms with van der Waals surface area (Å²) in [6, 6.07) is 14.7. The van der Waals surface area contributed by atoms with Crippen molar-refractivity contribution in [3.8, 4) is 5.75 Å². The maximum Gasteiger partial charge on any atom is 0.227 e. The van der Waals surface area contributed by atoms with E-state index < -0.39 is 0 Å². The highest BCUT2D eigenvalue weighted by atomic mass is 16.5. The monoisotopic (exact) mass is 321 g/mol. The molecule has 24 heavy (non-hydrogen) atoms. The molecule has 1 amide bonds. The first-order chi connectivity index (χ1) is 11.7. The highest BCUT2D eigenvalue weighted by Gasteiger charge is 2.13. The molecule has 1 aliphatic rings. The molecule has 0 fully saturated rings. The molecule has 124 valence electrons. The van der Waals surface area contributed by atoms with Crippen molar-refractivity contribution in [2.75, 3.05) is 11.9 Å². The average molecular weight is 321 g/mol. The summed E-state index contributed by atoms with van der Waals surface area (Å²) in [5.41, 5.74) is 4.59. The van der Waals surface area contributed by atoms with Gasteiger partial charge in [0.2, 0.25) is 5.91 Å². The molecule has 0 spiro atoms. The fraction of sp³-hybridized carbons (Fsp3) is 0.286. The van der Waals surface area contributed by atoms with E-state index in [1.807, 2.05) is 18.2 Å². The minimum Gasteiger partial charge on any atom is -0.491 e. The van der Waals surface area contributed by atoms with Crippen molar-refractivity contribution >= 4 is 17.7 Å². The van der Waals surface area contributed by atoms with Crippen molar-refractivity contribution in [1.29, 1.82) is 0 Å². The molecule has 0 saturated carbocycles. The summed E-state index contributed by atoms with van der Waals surface area (Å²) in [6.07, 6.45) is 7.82. The number of fused-ring (bicyclic) bond motifs is 1. The number of hydrogen-bond acceptors (Lipinski definition) is 2. The topological polar surface area (TPSA) is 38.3 Å². The quantitative estimate of drug-likeness (QED) is 0.873. The van der Waals surface area contributed by atoms with E-state index in [9.17, 15) is 4.79 Å².